The second-order valence-corrected chi connectivity index (χ2v) is 5.93. The van der Waals surface area contributed by atoms with E-state index in [1.165, 1.54) is 0 Å². The first-order valence-electron chi connectivity index (χ1n) is 6.94. The fraction of sp³-hybridized carbons (Fsp3) is 0.833. The first kappa shape index (κ1) is 32.0. The molecule has 0 aliphatic rings. The minimum absolute atomic E-state index is 0.810. The molecular weight excluding hydrogens is 559 g/mol. The quantitative estimate of drug-likeness (QED) is 0.263. The predicted molar refractivity (Wildman–Crippen MR) is 60.6 cm³/mol. The Kier molecular flexibility index (Phi) is 7.33. The lowest BCUT2D eigenvalue weighted by molar-refractivity contribution is -0.477. The molecule has 34 heavy (non-hydrogen) atoms. The van der Waals surface area contributed by atoms with Crippen molar-refractivity contribution in [1.29, 1.82) is 0 Å². The van der Waals surface area contributed by atoms with Crippen LogP contribution in [0.5, 0.6) is 0 Å². The molecule has 0 spiro atoms. The molecule has 0 saturated carbocycles. The monoisotopic (exact) mass is 560 g/mol. The largest absolute Gasteiger partial charge is 0.423 e. The molecule has 0 bridgehead atoms. The van der Waals surface area contributed by atoms with Crippen LogP contribution in [0.4, 0.5) is 92.2 Å². The van der Waals surface area contributed by atoms with Crippen LogP contribution < -0.4 is 0 Å². The third kappa shape index (κ3) is 3.68. The Labute approximate surface area is 170 Å². The van der Waals surface area contributed by atoms with Crippen LogP contribution in [-0.2, 0) is 0 Å². The zero-order chi connectivity index (χ0) is 28.4. The molecule has 0 heterocycles. The molecule has 1 N–H and O–H groups in total. The van der Waals surface area contributed by atoms with Crippen molar-refractivity contribution in [2.75, 3.05) is 0 Å². The zero-order valence-electron chi connectivity index (χ0n) is 14.4. The summed E-state index contributed by atoms with van der Waals surface area (Å²) in [5.41, 5.74) is 0. The Hall–Kier alpha value is -1.95. The fourth-order valence-corrected chi connectivity index (χ4v) is 1.71. The molecule has 0 aromatic rings. The maximum Gasteiger partial charge on any atom is 0.423 e. The molecule has 22 heteroatoms. The Morgan fingerprint density at radius 1 is 0.353 bits per heavy atom. The third-order valence-corrected chi connectivity index (χ3v) is 3.74. The Morgan fingerprint density at radius 2 is 0.559 bits per heavy atom. The summed E-state index contributed by atoms with van der Waals surface area (Å²) in [6.07, 6.45) is -8.34. The van der Waals surface area contributed by atoms with Crippen molar-refractivity contribution in [3.05, 3.63) is 0 Å². The van der Waals surface area contributed by atoms with Crippen LogP contribution in [0, 0.1) is 12.1 Å². The highest BCUT2D eigenvalue weighted by molar-refractivity contribution is 5.22. The van der Waals surface area contributed by atoms with E-state index in [0.717, 1.165) is 0 Å². The summed E-state index contributed by atoms with van der Waals surface area (Å²) in [6, 6.07) is 0. The first-order chi connectivity index (χ1) is 14.3. The molecule has 0 aliphatic carbocycles. The molecule has 0 amide bonds. The van der Waals surface area contributed by atoms with Crippen LogP contribution in [0.15, 0.2) is 0 Å². The van der Waals surface area contributed by atoms with Gasteiger partial charge >= 0.3 is 59.4 Å². The van der Waals surface area contributed by atoms with Crippen molar-refractivity contribution in [3.63, 3.8) is 0 Å². The van der Waals surface area contributed by atoms with E-state index in [9.17, 15) is 92.2 Å². The lowest BCUT2D eigenvalue weighted by atomic mass is 9.86. The average molecular weight is 560 g/mol. The number of alkyl halides is 20. The summed E-state index contributed by atoms with van der Waals surface area (Å²) in [5.74, 6) is -78.5. The van der Waals surface area contributed by atoms with Crippen LogP contribution in [-0.4, -0.2) is 64.5 Å². The number of hydrogen-bond donors (Lipinski definition) is 1. The Morgan fingerprint density at radius 3 is 0.765 bits per heavy atom. The second kappa shape index (κ2) is 7.78. The smallest absolute Gasteiger partial charge is 0.331 e. The lowest BCUT2D eigenvalue weighted by Crippen LogP contribution is -2.77. The van der Waals surface area contributed by atoms with Crippen molar-refractivity contribution >= 4 is 0 Å². The van der Waals surface area contributed by atoms with E-state index in [4.69, 9.17) is 5.11 Å². The SMILES string of the molecule is OC(F)(F)C(F)(F)C(F)(F)C(F)(F)C(F)(F)C(F)(F)C(F)(F)C(F)(F)C(F)(F)C(F)(F)C#CF. The van der Waals surface area contributed by atoms with Crippen LogP contribution in [0.1, 0.15) is 0 Å². The van der Waals surface area contributed by atoms with Gasteiger partial charge in [0.2, 0.25) is 0 Å². The fourth-order valence-electron chi connectivity index (χ4n) is 1.71. The minimum atomic E-state index is -9.18. The van der Waals surface area contributed by atoms with Gasteiger partial charge in [0.25, 0.3) is 0 Å². The standard InChI is InChI=1S/C12HF21O/c13-2-1-3(14,15)4(16,17)5(18,19)6(20,21)7(22,23)8(24,25)9(26,27)10(28,29)11(30,31)12(32,33)34/h34H. The molecule has 0 saturated heterocycles. The van der Waals surface area contributed by atoms with Gasteiger partial charge in [-0.1, -0.05) is 0 Å². The summed E-state index contributed by atoms with van der Waals surface area (Å²) in [7, 11) is 0. The van der Waals surface area contributed by atoms with Crippen LogP contribution in [0.2, 0.25) is 0 Å². The van der Waals surface area contributed by atoms with E-state index in [2.05, 4.69) is 0 Å². The van der Waals surface area contributed by atoms with Gasteiger partial charge in [0.15, 0.2) is 0 Å². The van der Waals surface area contributed by atoms with Gasteiger partial charge in [-0.05, 0) is 0 Å². The van der Waals surface area contributed by atoms with E-state index in [1.54, 1.807) is 0 Å². The molecule has 0 aliphatic heterocycles. The number of hydrogen-bond acceptors (Lipinski definition) is 1. The van der Waals surface area contributed by atoms with Crippen molar-refractivity contribution in [3.8, 4) is 12.1 Å². The number of rotatable bonds is 9. The molecule has 202 valence electrons. The van der Waals surface area contributed by atoms with E-state index in [-0.39, 0.29) is 0 Å². The summed E-state index contributed by atoms with van der Waals surface area (Å²) in [6.45, 7) is 0. The van der Waals surface area contributed by atoms with E-state index < -0.39 is 71.5 Å². The molecule has 1 nitrogen and oxygen atoms in total. The third-order valence-electron chi connectivity index (χ3n) is 3.74. The highest BCUT2D eigenvalue weighted by Crippen LogP contribution is 2.65. The maximum atomic E-state index is 13.3. The van der Waals surface area contributed by atoms with Gasteiger partial charge in [-0.3, -0.25) is 0 Å². The van der Waals surface area contributed by atoms with Crippen LogP contribution >= 0.6 is 0 Å². The van der Waals surface area contributed by atoms with Gasteiger partial charge < -0.3 is 5.11 Å². The number of aliphatic hydroxyl groups is 1. The molecule has 0 rings (SSSR count). The van der Waals surface area contributed by atoms with E-state index in [0.29, 0.717) is 0 Å². The second-order valence-electron chi connectivity index (χ2n) is 5.93. The summed E-state index contributed by atoms with van der Waals surface area (Å²) < 4.78 is 271. The minimum Gasteiger partial charge on any atom is -0.331 e. The number of halogens is 21. The highest BCUT2D eigenvalue weighted by Gasteiger charge is 2.97. The predicted octanol–water partition coefficient (Wildman–Crippen LogP) is 6.22. The van der Waals surface area contributed by atoms with Gasteiger partial charge in [-0.25, -0.2) is 0 Å². The van der Waals surface area contributed by atoms with Crippen molar-refractivity contribution in [2.45, 2.75) is 59.4 Å². The van der Waals surface area contributed by atoms with Crippen LogP contribution in [0.25, 0.3) is 0 Å². The van der Waals surface area contributed by atoms with Gasteiger partial charge in [-0.15, -0.1) is 4.39 Å². The molecular formula is C12HF21O. The van der Waals surface area contributed by atoms with Crippen molar-refractivity contribution in [2.24, 2.45) is 0 Å². The Bertz CT molecular complexity index is 821. The van der Waals surface area contributed by atoms with Gasteiger partial charge in [0.1, 0.15) is 6.17 Å². The highest BCUT2D eigenvalue weighted by atomic mass is 19.4. The normalized spacial score (nSPS) is 16.3. The lowest BCUT2D eigenvalue weighted by Gasteiger charge is -2.44. The summed E-state index contributed by atoms with van der Waals surface area (Å²) in [4.78, 5) is 0. The van der Waals surface area contributed by atoms with Gasteiger partial charge in [0, 0.05) is 5.92 Å². The topological polar surface area (TPSA) is 20.2 Å². The maximum absolute atomic E-state index is 13.3. The average Bonchev–Trinajstić information content (AvgIpc) is 2.59. The first-order valence-corrected chi connectivity index (χ1v) is 6.94. The van der Waals surface area contributed by atoms with E-state index in [1.807, 2.05) is 0 Å². The summed E-state index contributed by atoms with van der Waals surface area (Å²) in [5, 5.41) is 7.43. The van der Waals surface area contributed by atoms with Gasteiger partial charge in [0.05, 0.1) is 0 Å². The molecule has 0 atom stereocenters. The molecule has 0 aromatic carbocycles. The molecule has 0 unspecified atom stereocenters. The molecule has 0 aromatic heterocycles. The van der Waals surface area contributed by atoms with Crippen molar-refractivity contribution < 1.29 is 97.3 Å². The zero-order valence-corrected chi connectivity index (χ0v) is 14.4. The summed E-state index contributed by atoms with van der Waals surface area (Å²) >= 11 is 0. The Balaban J connectivity index is 7.10. The molecule has 0 fully saturated rings. The van der Waals surface area contributed by atoms with Crippen molar-refractivity contribution in [1.82, 2.24) is 0 Å². The molecule has 0 radical (unpaired) electrons. The van der Waals surface area contributed by atoms with Crippen LogP contribution in [0.3, 0.4) is 0 Å². The van der Waals surface area contributed by atoms with Gasteiger partial charge in [-0.2, -0.15) is 87.8 Å². The van der Waals surface area contributed by atoms with E-state index >= 15 is 0 Å².